The van der Waals surface area contributed by atoms with Crippen molar-refractivity contribution in [2.45, 2.75) is 39.7 Å². The highest BCUT2D eigenvalue weighted by atomic mass is 19.1. The molecule has 0 saturated carbocycles. The minimum Gasteiger partial charge on any atom is -0.487 e. The fraction of sp³-hybridized carbons (Fsp3) is 0.250. The number of amides is 1. The lowest BCUT2D eigenvalue weighted by molar-refractivity contribution is -0.151. The number of hydrogen-bond donors (Lipinski definition) is 2. The average Bonchev–Trinajstić information content (AvgIpc) is 2.86. The van der Waals surface area contributed by atoms with Crippen LogP contribution in [0.4, 0.5) is 10.1 Å². The van der Waals surface area contributed by atoms with E-state index < -0.39 is 11.4 Å². The number of aliphatic carboxylic acids is 1. The summed E-state index contributed by atoms with van der Waals surface area (Å²) in [6.07, 6.45) is 0.669. The molecule has 0 atom stereocenters. The van der Waals surface area contributed by atoms with Gasteiger partial charge in [-0.3, -0.25) is 9.59 Å². The summed E-state index contributed by atoms with van der Waals surface area (Å²) >= 11 is 0. The van der Waals surface area contributed by atoms with E-state index in [2.05, 4.69) is 10.3 Å². The Kier molecular flexibility index (Phi) is 6.96. The highest BCUT2D eigenvalue weighted by molar-refractivity contribution is 5.96. The Morgan fingerprint density at radius 2 is 1.71 bits per heavy atom. The van der Waals surface area contributed by atoms with Crippen molar-refractivity contribution in [2.75, 3.05) is 5.32 Å². The number of pyridine rings is 1. The number of halogens is 1. The first-order chi connectivity index (χ1) is 16.8. The van der Waals surface area contributed by atoms with Crippen molar-refractivity contribution in [1.82, 2.24) is 4.98 Å². The van der Waals surface area contributed by atoms with Gasteiger partial charge in [-0.2, -0.15) is 0 Å². The van der Waals surface area contributed by atoms with E-state index in [1.54, 1.807) is 32.0 Å². The number of ether oxygens (including phenoxy) is 1. The zero-order valence-electron chi connectivity index (χ0n) is 19.7. The van der Waals surface area contributed by atoms with Crippen LogP contribution in [0.3, 0.4) is 0 Å². The number of carboxylic acids is 1. The van der Waals surface area contributed by atoms with E-state index in [0.29, 0.717) is 35.5 Å². The molecule has 3 aromatic carbocycles. The summed E-state index contributed by atoms with van der Waals surface area (Å²) in [5.74, 6) is -1.06. The van der Waals surface area contributed by atoms with Gasteiger partial charge in [-0.05, 0) is 60.0 Å². The molecule has 0 fully saturated rings. The number of aromatic nitrogens is 1. The molecule has 180 valence electrons. The number of nitrogens with zero attached hydrogens (tertiary/aromatic N) is 1. The zero-order valence-corrected chi connectivity index (χ0v) is 19.7. The van der Waals surface area contributed by atoms with E-state index in [0.717, 1.165) is 16.2 Å². The van der Waals surface area contributed by atoms with Gasteiger partial charge in [0.05, 0.1) is 11.1 Å². The van der Waals surface area contributed by atoms with Crippen LogP contribution in [0, 0.1) is 11.2 Å². The van der Waals surface area contributed by atoms with Crippen LogP contribution in [0.25, 0.3) is 21.7 Å². The number of anilines is 1. The van der Waals surface area contributed by atoms with E-state index in [9.17, 15) is 19.1 Å². The number of benzene rings is 3. The number of para-hydroxylation sites is 1. The molecular formula is C28H27FN2O4. The lowest BCUT2D eigenvalue weighted by Gasteiger charge is -2.25. The molecule has 0 bridgehead atoms. The Morgan fingerprint density at radius 3 is 2.46 bits per heavy atom. The Hall–Kier alpha value is -4.00. The van der Waals surface area contributed by atoms with E-state index in [1.165, 1.54) is 6.07 Å². The fourth-order valence-electron chi connectivity index (χ4n) is 4.17. The largest absolute Gasteiger partial charge is 0.487 e. The van der Waals surface area contributed by atoms with Crippen LogP contribution in [0.1, 0.15) is 38.8 Å². The molecule has 4 aromatic rings. The van der Waals surface area contributed by atoms with E-state index in [-0.39, 0.29) is 24.8 Å². The fourth-order valence-corrected chi connectivity index (χ4v) is 4.17. The average molecular weight is 475 g/mol. The molecule has 0 spiro atoms. The Labute approximate surface area is 202 Å². The van der Waals surface area contributed by atoms with Gasteiger partial charge in [0.1, 0.15) is 23.7 Å². The van der Waals surface area contributed by atoms with Gasteiger partial charge in [-0.25, -0.2) is 9.37 Å². The standard InChI is InChI=1S/C28H27FN2O4/c1-3-28(4-2,27(33)34)16-25(32)30-21-11-8-18-10-13-23(15-20(18)14-21)35-17-22-12-9-19-6-5-7-24(29)26(19)31-22/h5-15H,3-4,16-17H2,1-2H3,(H,30,32)(H,33,34). The van der Waals surface area contributed by atoms with Crippen LogP contribution in [0.2, 0.25) is 0 Å². The monoisotopic (exact) mass is 474 g/mol. The van der Waals surface area contributed by atoms with Crippen LogP contribution in [0.5, 0.6) is 5.75 Å². The van der Waals surface area contributed by atoms with E-state index in [1.807, 2.05) is 42.5 Å². The number of hydrogen-bond acceptors (Lipinski definition) is 4. The smallest absolute Gasteiger partial charge is 0.310 e. The SMILES string of the molecule is CCC(CC)(CC(=O)Nc1ccc2ccc(OCc3ccc4cccc(F)c4n3)cc2c1)C(=O)O. The molecule has 0 saturated heterocycles. The van der Waals surface area contributed by atoms with Crippen molar-refractivity contribution in [3.63, 3.8) is 0 Å². The van der Waals surface area contributed by atoms with Crippen molar-refractivity contribution in [3.8, 4) is 5.75 Å². The van der Waals surface area contributed by atoms with Crippen LogP contribution >= 0.6 is 0 Å². The molecule has 0 radical (unpaired) electrons. The highest BCUT2D eigenvalue weighted by Gasteiger charge is 2.37. The summed E-state index contributed by atoms with van der Waals surface area (Å²) in [7, 11) is 0. The third kappa shape index (κ3) is 5.24. The number of nitrogens with one attached hydrogen (secondary N) is 1. The predicted molar refractivity (Wildman–Crippen MR) is 134 cm³/mol. The van der Waals surface area contributed by atoms with Gasteiger partial charge >= 0.3 is 5.97 Å². The van der Waals surface area contributed by atoms with Crippen LogP contribution in [-0.2, 0) is 16.2 Å². The highest BCUT2D eigenvalue weighted by Crippen LogP contribution is 2.32. The molecule has 2 N–H and O–H groups in total. The van der Waals surface area contributed by atoms with Crippen LogP contribution in [-0.4, -0.2) is 22.0 Å². The summed E-state index contributed by atoms with van der Waals surface area (Å²) in [6, 6.07) is 19.6. The van der Waals surface area contributed by atoms with Crippen molar-refractivity contribution < 1.29 is 23.8 Å². The second kappa shape index (κ2) is 10.1. The normalized spacial score (nSPS) is 11.5. The number of carboxylic acid groups (broad SMARTS) is 1. The number of rotatable bonds is 9. The summed E-state index contributed by atoms with van der Waals surface area (Å²) < 4.78 is 19.9. The Morgan fingerprint density at radius 1 is 0.971 bits per heavy atom. The quantitative estimate of drug-likeness (QED) is 0.296. The topological polar surface area (TPSA) is 88.5 Å². The van der Waals surface area contributed by atoms with E-state index >= 15 is 0 Å². The van der Waals surface area contributed by atoms with Crippen molar-refractivity contribution in [3.05, 3.63) is 78.2 Å². The maximum Gasteiger partial charge on any atom is 0.310 e. The number of fused-ring (bicyclic) bond motifs is 2. The van der Waals surface area contributed by atoms with Gasteiger partial charge in [-0.1, -0.05) is 44.2 Å². The van der Waals surface area contributed by atoms with Gasteiger partial charge in [0, 0.05) is 17.5 Å². The maximum atomic E-state index is 14.0. The van der Waals surface area contributed by atoms with Crippen molar-refractivity contribution in [1.29, 1.82) is 0 Å². The van der Waals surface area contributed by atoms with Gasteiger partial charge in [0.2, 0.25) is 5.91 Å². The molecule has 0 aliphatic carbocycles. The molecule has 1 aromatic heterocycles. The van der Waals surface area contributed by atoms with Crippen molar-refractivity contribution in [2.24, 2.45) is 5.41 Å². The number of carbonyl (C=O) groups is 2. The Bertz CT molecular complexity index is 1400. The summed E-state index contributed by atoms with van der Waals surface area (Å²) in [4.78, 5) is 28.7. The summed E-state index contributed by atoms with van der Waals surface area (Å²) in [6.45, 7) is 3.75. The van der Waals surface area contributed by atoms with Gasteiger partial charge < -0.3 is 15.2 Å². The van der Waals surface area contributed by atoms with E-state index in [4.69, 9.17) is 4.74 Å². The first kappa shape index (κ1) is 24.1. The molecule has 6 nitrogen and oxygen atoms in total. The first-order valence-corrected chi connectivity index (χ1v) is 11.6. The molecule has 0 aliphatic heterocycles. The first-order valence-electron chi connectivity index (χ1n) is 11.6. The predicted octanol–water partition coefficient (Wildman–Crippen LogP) is 6.33. The van der Waals surface area contributed by atoms with Gasteiger partial charge in [0.15, 0.2) is 0 Å². The second-order valence-corrected chi connectivity index (χ2v) is 8.64. The summed E-state index contributed by atoms with van der Waals surface area (Å²) in [5, 5.41) is 15.0. The minimum absolute atomic E-state index is 0.0874. The molecule has 1 amide bonds. The lowest BCUT2D eigenvalue weighted by Crippen LogP contribution is -2.34. The van der Waals surface area contributed by atoms with Gasteiger partial charge in [0.25, 0.3) is 0 Å². The lowest BCUT2D eigenvalue weighted by atomic mass is 9.79. The molecule has 4 rings (SSSR count). The van der Waals surface area contributed by atoms with Gasteiger partial charge in [-0.15, -0.1) is 0 Å². The zero-order chi connectivity index (χ0) is 25.0. The molecule has 1 heterocycles. The molecule has 0 unspecified atom stereocenters. The summed E-state index contributed by atoms with van der Waals surface area (Å²) in [5.41, 5.74) is 0.433. The molecule has 7 heteroatoms. The third-order valence-corrected chi connectivity index (χ3v) is 6.52. The van der Waals surface area contributed by atoms with Crippen LogP contribution < -0.4 is 10.1 Å². The third-order valence-electron chi connectivity index (χ3n) is 6.52. The molecule has 0 aliphatic rings. The molecular weight excluding hydrogens is 447 g/mol. The Balaban J connectivity index is 1.48. The van der Waals surface area contributed by atoms with Crippen molar-refractivity contribution >= 4 is 39.2 Å². The minimum atomic E-state index is -1.07. The number of carbonyl (C=O) groups excluding carboxylic acids is 1. The molecule has 35 heavy (non-hydrogen) atoms. The van der Waals surface area contributed by atoms with Crippen LogP contribution in [0.15, 0.2) is 66.7 Å². The second-order valence-electron chi connectivity index (χ2n) is 8.64. The maximum absolute atomic E-state index is 14.0.